The van der Waals surface area contributed by atoms with Crippen molar-refractivity contribution in [2.75, 3.05) is 0 Å². The van der Waals surface area contributed by atoms with Gasteiger partial charge in [0.05, 0.1) is 17.2 Å². The molecule has 0 saturated heterocycles. The van der Waals surface area contributed by atoms with Crippen LogP contribution in [0.15, 0.2) is 35.6 Å². The smallest absolute Gasteiger partial charge is 0.339 e. The molecule has 1 aliphatic rings. The Kier molecular flexibility index (Phi) is 4.67. The fourth-order valence-electron chi connectivity index (χ4n) is 2.67. The van der Waals surface area contributed by atoms with E-state index in [1.165, 1.54) is 12.2 Å². The number of carboxylic acids is 1. The van der Waals surface area contributed by atoms with Crippen molar-refractivity contribution in [1.82, 2.24) is 0 Å². The van der Waals surface area contributed by atoms with Gasteiger partial charge in [-0.15, -0.1) is 0 Å². The largest absolute Gasteiger partial charge is 0.507 e. The Bertz CT molecular complexity index is 704. The topological polar surface area (TPSA) is 81.3 Å². The van der Waals surface area contributed by atoms with Crippen molar-refractivity contribution in [1.29, 1.82) is 5.26 Å². The fraction of sp³-hybridized carbons (Fsp3) is 0.333. The van der Waals surface area contributed by atoms with E-state index in [1.54, 1.807) is 6.92 Å². The van der Waals surface area contributed by atoms with Crippen molar-refractivity contribution in [3.05, 3.63) is 57.9 Å². The molecule has 1 aromatic rings. The van der Waals surface area contributed by atoms with E-state index in [1.807, 2.05) is 19.1 Å². The van der Waals surface area contributed by atoms with Crippen LogP contribution in [-0.2, 0) is 11.2 Å². The van der Waals surface area contributed by atoms with Gasteiger partial charge in [0, 0.05) is 0 Å². The first-order valence-corrected chi connectivity index (χ1v) is 7.30. The molecule has 0 bridgehead atoms. The SMILES string of the molecule is C/C=C(O)\C(=C/Cc1cc(C)c(C2CC2)c(C#N)c1)C(=O)O. The molecule has 1 fully saturated rings. The van der Waals surface area contributed by atoms with Crippen LogP contribution < -0.4 is 0 Å². The highest BCUT2D eigenvalue weighted by atomic mass is 16.4. The molecule has 0 radical (unpaired) electrons. The standard InChI is InChI=1S/C18H19NO3/c1-3-16(20)15(18(21)22)7-4-12-8-11(2)17(13-5-6-13)14(9-12)10-19/h3,7-9,13,20H,4-6H2,1-2H3,(H,21,22)/b15-7+,16-3+. The van der Waals surface area contributed by atoms with Crippen LogP contribution in [0.3, 0.4) is 0 Å². The minimum atomic E-state index is -1.16. The number of rotatable bonds is 5. The zero-order chi connectivity index (χ0) is 16.3. The van der Waals surface area contributed by atoms with Crippen molar-refractivity contribution >= 4 is 5.97 Å². The lowest BCUT2D eigenvalue weighted by molar-refractivity contribution is -0.132. The third-order valence-corrected chi connectivity index (χ3v) is 3.87. The minimum absolute atomic E-state index is 0.120. The minimum Gasteiger partial charge on any atom is -0.507 e. The van der Waals surface area contributed by atoms with Crippen molar-refractivity contribution in [2.45, 2.75) is 39.0 Å². The molecular weight excluding hydrogens is 278 g/mol. The van der Waals surface area contributed by atoms with E-state index < -0.39 is 5.97 Å². The number of aliphatic hydroxyl groups excluding tert-OH is 1. The Morgan fingerprint density at radius 1 is 1.41 bits per heavy atom. The number of aliphatic carboxylic acids is 1. The summed E-state index contributed by atoms with van der Waals surface area (Å²) in [6.45, 7) is 3.57. The van der Waals surface area contributed by atoms with Gasteiger partial charge in [0.2, 0.25) is 0 Å². The number of aryl methyl sites for hydroxylation is 1. The molecular formula is C18H19NO3. The van der Waals surface area contributed by atoms with Gasteiger partial charge < -0.3 is 10.2 Å². The second kappa shape index (κ2) is 6.48. The van der Waals surface area contributed by atoms with Crippen molar-refractivity contribution in [2.24, 2.45) is 0 Å². The van der Waals surface area contributed by atoms with Crippen molar-refractivity contribution < 1.29 is 15.0 Å². The van der Waals surface area contributed by atoms with E-state index in [4.69, 9.17) is 5.11 Å². The molecule has 0 spiro atoms. The number of nitrogens with zero attached hydrogens (tertiary/aromatic N) is 1. The van der Waals surface area contributed by atoms with E-state index in [0.29, 0.717) is 17.9 Å². The maximum Gasteiger partial charge on any atom is 0.339 e. The molecule has 1 aliphatic carbocycles. The Morgan fingerprint density at radius 2 is 2.09 bits per heavy atom. The Morgan fingerprint density at radius 3 is 2.59 bits per heavy atom. The lowest BCUT2D eigenvalue weighted by Crippen LogP contribution is -2.04. The average molecular weight is 297 g/mol. The number of carboxylic acid groups (broad SMARTS) is 1. The summed E-state index contributed by atoms with van der Waals surface area (Å²) in [4.78, 5) is 11.1. The number of benzene rings is 1. The van der Waals surface area contributed by atoms with Crippen LogP contribution in [0.2, 0.25) is 0 Å². The number of hydrogen-bond donors (Lipinski definition) is 2. The van der Waals surface area contributed by atoms with E-state index >= 15 is 0 Å². The van der Waals surface area contributed by atoms with Gasteiger partial charge in [-0.25, -0.2) is 4.79 Å². The van der Waals surface area contributed by atoms with Crippen molar-refractivity contribution in [3.63, 3.8) is 0 Å². The Balaban J connectivity index is 2.32. The number of allylic oxidation sites excluding steroid dienone is 2. The molecule has 4 nitrogen and oxygen atoms in total. The molecule has 0 unspecified atom stereocenters. The van der Waals surface area contributed by atoms with Gasteiger partial charge in [0.25, 0.3) is 0 Å². The van der Waals surface area contributed by atoms with E-state index in [-0.39, 0.29) is 11.3 Å². The van der Waals surface area contributed by atoms with Crippen LogP contribution in [-0.4, -0.2) is 16.2 Å². The fourth-order valence-corrected chi connectivity index (χ4v) is 2.67. The lowest BCUT2D eigenvalue weighted by atomic mass is 9.94. The normalized spacial score (nSPS) is 15.5. The molecule has 4 heteroatoms. The Labute approximate surface area is 130 Å². The quantitative estimate of drug-likeness (QED) is 0.492. The van der Waals surface area contributed by atoms with Gasteiger partial charge in [-0.2, -0.15) is 5.26 Å². The number of carbonyl (C=O) groups is 1. The summed E-state index contributed by atoms with van der Waals surface area (Å²) in [6, 6.07) is 6.06. The molecule has 22 heavy (non-hydrogen) atoms. The molecule has 2 rings (SSSR count). The van der Waals surface area contributed by atoms with Crippen molar-refractivity contribution in [3.8, 4) is 6.07 Å². The molecule has 114 valence electrons. The number of nitriles is 1. The second-order valence-corrected chi connectivity index (χ2v) is 5.56. The van der Waals surface area contributed by atoms with E-state index in [2.05, 4.69) is 6.07 Å². The highest BCUT2D eigenvalue weighted by molar-refractivity contribution is 5.90. The number of hydrogen-bond acceptors (Lipinski definition) is 3. The summed E-state index contributed by atoms with van der Waals surface area (Å²) in [7, 11) is 0. The Hall–Kier alpha value is -2.54. The van der Waals surface area contributed by atoms with Crippen LogP contribution >= 0.6 is 0 Å². The lowest BCUT2D eigenvalue weighted by Gasteiger charge is -2.10. The van der Waals surface area contributed by atoms with Crippen LogP contribution in [0.5, 0.6) is 0 Å². The first-order valence-electron chi connectivity index (χ1n) is 7.30. The monoisotopic (exact) mass is 297 g/mol. The van der Waals surface area contributed by atoms with Crippen LogP contribution in [0, 0.1) is 18.3 Å². The van der Waals surface area contributed by atoms with Gasteiger partial charge >= 0.3 is 5.97 Å². The van der Waals surface area contributed by atoms with Crippen LogP contribution in [0.4, 0.5) is 0 Å². The van der Waals surface area contributed by atoms with Gasteiger partial charge in [0.1, 0.15) is 5.76 Å². The predicted molar refractivity (Wildman–Crippen MR) is 83.7 cm³/mol. The molecule has 2 N–H and O–H groups in total. The van der Waals surface area contributed by atoms with Gasteiger partial charge in [0.15, 0.2) is 0 Å². The van der Waals surface area contributed by atoms with Gasteiger partial charge in [-0.1, -0.05) is 12.1 Å². The highest BCUT2D eigenvalue weighted by Crippen LogP contribution is 2.43. The third kappa shape index (κ3) is 3.37. The first kappa shape index (κ1) is 15.8. The molecule has 0 heterocycles. The van der Waals surface area contributed by atoms with Crippen LogP contribution in [0.1, 0.15) is 47.9 Å². The summed E-state index contributed by atoms with van der Waals surface area (Å²) >= 11 is 0. The summed E-state index contributed by atoms with van der Waals surface area (Å²) in [5, 5.41) is 28.0. The molecule has 0 atom stereocenters. The summed E-state index contributed by atoms with van der Waals surface area (Å²) in [5.74, 6) is -0.914. The zero-order valence-corrected chi connectivity index (χ0v) is 12.8. The summed E-state index contributed by atoms with van der Waals surface area (Å²) in [6.07, 6.45) is 5.45. The molecule has 0 aliphatic heterocycles. The molecule has 0 aromatic heterocycles. The van der Waals surface area contributed by atoms with Gasteiger partial charge in [-0.05, 0) is 67.9 Å². The molecule has 1 saturated carbocycles. The average Bonchev–Trinajstić information content (AvgIpc) is 3.30. The maximum absolute atomic E-state index is 11.1. The second-order valence-electron chi connectivity index (χ2n) is 5.56. The predicted octanol–water partition coefficient (Wildman–Crippen LogP) is 3.76. The highest BCUT2D eigenvalue weighted by Gasteiger charge is 2.28. The van der Waals surface area contributed by atoms with Gasteiger partial charge in [-0.3, -0.25) is 0 Å². The maximum atomic E-state index is 11.1. The number of aliphatic hydroxyl groups is 1. The first-order chi connectivity index (χ1) is 10.5. The van der Waals surface area contributed by atoms with E-state index in [0.717, 1.165) is 29.5 Å². The molecule has 0 amide bonds. The third-order valence-electron chi connectivity index (χ3n) is 3.87. The van der Waals surface area contributed by atoms with E-state index in [9.17, 15) is 15.2 Å². The summed E-state index contributed by atoms with van der Waals surface area (Å²) in [5.41, 5.74) is 3.64. The van der Waals surface area contributed by atoms with Crippen LogP contribution in [0.25, 0.3) is 0 Å². The zero-order valence-electron chi connectivity index (χ0n) is 12.8. The molecule has 1 aromatic carbocycles. The summed E-state index contributed by atoms with van der Waals surface area (Å²) < 4.78 is 0.